The van der Waals surface area contributed by atoms with E-state index in [-0.39, 0.29) is 13.5 Å². The van der Waals surface area contributed by atoms with Crippen LogP contribution < -0.4 is 5.73 Å². The summed E-state index contributed by atoms with van der Waals surface area (Å²) in [5.41, 5.74) is 6.30. The molecule has 0 fully saturated rings. The summed E-state index contributed by atoms with van der Waals surface area (Å²) < 4.78 is 0. The molecule has 0 radical (unpaired) electrons. The van der Waals surface area contributed by atoms with E-state index in [1.807, 2.05) is 30.3 Å². The Morgan fingerprint density at radius 2 is 1.92 bits per heavy atom. The van der Waals surface area contributed by atoms with Crippen LogP contribution in [0.2, 0.25) is 0 Å². The Morgan fingerprint density at radius 3 is 2.38 bits per heavy atom. The highest BCUT2D eigenvalue weighted by Crippen LogP contribution is 2.01. The minimum absolute atomic E-state index is 0. The van der Waals surface area contributed by atoms with E-state index in [0.717, 1.165) is 5.56 Å². The van der Waals surface area contributed by atoms with E-state index < -0.39 is 12.0 Å². The number of aliphatic carboxylic acids is 1. The van der Waals surface area contributed by atoms with Crippen LogP contribution in [0.25, 0.3) is 0 Å². The van der Waals surface area contributed by atoms with Gasteiger partial charge in [-0.2, -0.15) is 13.5 Å². The molecule has 13 heavy (non-hydrogen) atoms. The minimum atomic E-state index is -0.959. The number of hydrogen-bond donors (Lipinski definition) is 2. The maximum Gasteiger partial charge on any atom is 0.320 e. The molecule has 1 unspecified atom stereocenters. The third kappa shape index (κ3) is 3.96. The topological polar surface area (TPSA) is 63.3 Å². The molecule has 1 aromatic rings. The fourth-order valence-electron chi connectivity index (χ4n) is 0.955. The van der Waals surface area contributed by atoms with Gasteiger partial charge in [-0.1, -0.05) is 30.3 Å². The summed E-state index contributed by atoms with van der Waals surface area (Å²) in [6.45, 7) is 0. The third-order valence-electron chi connectivity index (χ3n) is 1.62. The third-order valence-corrected chi connectivity index (χ3v) is 1.62. The second kappa shape index (κ2) is 5.61. The first kappa shape index (κ1) is 12.0. The largest absolute Gasteiger partial charge is 0.480 e. The smallest absolute Gasteiger partial charge is 0.320 e. The number of carbonyl (C=O) groups is 1. The summed E-state index contributed by atoms with van der Waals surface area (Å²) in [5, 5.41) is 8.52. The summed E-state index contributed by atoms with van der Waals surface area (Å²) in [6, 6.07) is 8.54. The number of nitrogens with two attached hydrogens (primary N) is 1. The molecule has 0 aliphatic rings. The second-order valence-corrected chi connectivity index (χ2v) is 2.63. The predicted octanol–water partition coefficient (Wildman–Crippen LogP) is 0.754. The number of carboxylic acids is 1. The molecular weight excluding hydrogens is 186 g/mol. The Hall–Kier alpha value is -1.00. The predicted molar refractivity (Wildman–Crippen MR) is 56.1 cm³/mol. The van der Waals surface area contributed by atoms with Crippen molar-refractivity contribution in [1.82, 2.24) is 0 Å². The molecule has 1 rings (SSSR count). The molecule has 0 amide bonds. The second-order valence-electron chi connectivity index (χ2n) is 2.63. The van der Waals surface area contributed by atoms with E-state index >= 15 is 0 Å². The van der Waals surface area contributed by atoms with Crippen LogP contribution in [-0.4, -0.2) is 17.1 Å². The summed E-state index contributed by atoms with van der Waals surface area (Å²) in [4.78, 5) is 10.4. The molecule has 0 bridgehead atoms. The fourth-order valence-corrected chi connectivity index (χ4v) is 0.955. The van der Waals surface area contributed by atoms with Gasteiger partial charge in [0.25, 0.3) is 0 Å². The van der Waals surface area contributed by atoms with Gasteiger partial charge in [0.1, 0.15) is 6.04 Å². The van der Waals surface area contributed by atoms with E-state index in [4.69, 9.17) is 10.8 Å². The first-order valence-corrected chi connectivity index (χ1v) is 3.72. The van der Waals surface area contributed by atoms with Gasteiger partial charge in [0, 0.05) is 0 Å². The van der Waals surface area contributed by atoms with Gasteiger partial charge in [-0.25, -0.2) is 0 Å². The zero-order chi connectivity index (χ0) is 8.97. The van der Waals surface area contributed by atoms with Crippen LogP contribution in [0.4, 0.5) is 0 Å². The number of carboxylic acid groups (broad SMARTS) is 1. The molecule has 0 aliphatic heterocycles. The van der Waals surface area contributed by atoms with Crippen molar-refractivity contribution in [2.75, 3.05) is 0 Å². The first-order valence-electron chi connectivity index (χ1n) is 3.72. The molecule has 1 atom stereocenters. The Bertz CT molecular complexity index is 264. The van der Waals surface area contributed by atoms with E-state index in [2.05, 4.69) is 0 Å². The molecule has 0 aromatic heterocycles. The Kier molecular flexibility index (Phi) is 5.18. The fraction of sp³-hybridized carbons (Fsp3) is 0.222. The van der Waals surface area contributed by atoms with Gasteiger partial charge in [-0.3, -0.25) is 4.79 Å². The summed E-state index contributed by atoms with van der Waals surface area (Å²) >= 11 is 0. The molecule has 1 aromatic carbocycles. The lowest BCUT2D eigenvalue weighted by Crippen LogP contribution is -2.32. The molecule has 0 heterocycles. The average molecular weight is 199 g/mol. The molecule has 3 N–H and O–H groups in total. The quantitative estimate of drug-likeness (QED) is 0.755. The zero-order valence-electron chi connectivity index (χ0n) is 7.10. The highest BCUT2D eigenvalue weighted by molar-refractivity contribution is 7.59. The standard InChI is InChI=1S/C9H11NO2.H2S/c10-8(9(11)12)6-7-4-2-1-3-5-7;/h1-5,8H,6,10H2,(H,11,12);1H2. The van der Waals surface area contributed by atoms with Crippen molar-refractivity contribution >= 4 is 19.5 Å². The van der Waals surface area contributed by atoms with Gasteiger partial charge < -0.3 is 10.8 Å². The zero-order valence-corrected chi connectivity index (χ0v) is 8.10. The molecule has 0 aliphatic carbocycles. The lowest BCUT2D eigenvalue weighted by Gasteiger charge is -2.04. The normalized spacial score (nSPS) is 11.5. The van der Waals surface area contributed by atoms with Crippen molar-refractivity contribution in [3.05, 3.63) is 35.9 Å². The van der Waals surface area contributed by atoms with Gasteiger partial charge in [0.2, 0.25) is 0 Å². The number of hydrogen-bond acceptors (Lipinski definition) is 2. The lowest BCUT2D eigenvalue weighted by atomic mass is 10.1. The van der Waals surface area contributed by atoms with Gasteiger partial charge in [0.15, 0.2) is 0 Å². The van der Waals surface area contributed by atoms with Crippen LogP contribution in [0.5, 0.6) is 0 Å². The van der Waals surface area contributed by atoms with Gasteiger partial charge in [-0.15, -0.1) is 0 Å². The molecular formula is C9H13NO2S. The van der Waals surface area contributed by atoms with Gasteiger partial charge >= 0.3 is 5.97 Å². The molecule has 4 heteroatoms. The molecule has 0 spiro atoms. The van der Waals surface area contributed by atoms with Crippen LogP contribution in [-0.2, 0) is 11.2 Å². The first-order chi connectivity index (χ1) is 5.70. The van der Waals surface area contributed by atoms with Crippen LogP contribution in [0.15, 0.2) is 30.3 Å². The number of rotatable bonds is 3. The average Bonchev–Trinajstić information content (AvgIpc) is 2.06. The van der Waals surface area contributed by atoms with E-state index in [1.165, 1.54) is 0 Å². The van der Waals surface area contributed by atoms with Crippen molar-refractivity contribution < 1.29 is 9.90 Å². The maximum atomic E-state index is 10.4. The van der Waals surface area contributed by atoms with Crippen LogP contribution >= 0.6 is 13.5 Å². The minimum Gasteiger partial charge on any atom is -0.480 e. The molecule has 72 valence electrons. The molecule has 0 saturated heterocycles. The Balaban J connectivity index is 0.00000144. The highest BCUT2D eigenvalue weighted by Gasteiger charge is 2.10. The molecule has 3 nitrogen and oxygen atoms in total. The van der Waals surface area contributed by atoms with Crippen molar-refractivity contribution in [1.29, 1.82) is 0 Å². The summed E-state index contributed by atoms with van der Waals surface area (Å²) in [5.74, 6) is -0.959. The number of benzene rings is 1. The van der Waals surface area contributed by atoms with Crippen molar-refractivity contribution in [3.63, 3.8) is 0 Å². The SMILES string of the molecule is NC(Cc1ccccc1)C(=O)O.S. The van der Waals surface area contributed by atoms with Crippen LogP contribution in [0.1, 0.15) is 5.56 Å². The van der Waals surface area contributed by atoms with Crippen molar-refractivity contribution in [2.24, 2.45) is 5.73 Å². The monoisotopic (exact) mass is 199 g/mol. The Labute approximate surface area is 84.0 Å². The Morgan fingerprint density at radius 1 is 1.38 bits per heavy atom. The van der Waals surface area contributed by atoms with Gasteiger partial charge in [0.05, 0.1) is 0 Å². The van der Waals surface area contributed by atoms with E-state index in [1.54, 1.807) is 0 Å². The van der Waals surface area contributed by atoms with Crippen molar-refractivity contribution in [3.8, 4) is 0 Å². The van der Waals surface area contributed by atoms with Crippen LogP contribution in [0.3, 0.4) is 0 Å². The maximum absolute atomic E-state index is 10.4. The van der Waals surface area contributed by atoms with E-state index in [9.17, 15) is 4.79 Å². The van der Waals surface area contributed by atoms with Crippen LogP contribution in [0, 0.1) is 0 Å². The van der Waals surface area contributed by atoms with Crippen molar-refractivity contribution in [2.45, 2.75) is 12.5 Å². The molecule has 0 saturated carbocycles. The highest BCUT2D eigenvalue weighted by atomic mass is 32.1. The van der Waals surface area contributed by atoms with Gasteiger partial charge in [-0.05, 0) is 12.0 Å². The lowest BCUT2D eigenvalue weighted by molar-refractivity contribution is -0.138. The summed E-state index contributed by atoms with van der Waals surface area (Å²) in [7, 11) is 0. The summed E-state index contributed by atoms with van der Waals surface area (Å²) in [6.07, 6.45) is 0.385. The van der Waals surface area contributed by atoms with E-state index in [0.29, 0.717) is 6.42 Å².